The smallest absolute Gasteiger partial charge is 0.319 e. The molecular weight excluding hydrogens is 629 g/mol. The maximum Gasteiger partial charge on any atom is 0.319 e. The molecule has 4 fully saturated rings. The van der Waals surface area contributed by atoms with Crippen LogP contribution < -0.4 is 15.0 Å². The van der Waals surface area contributed by atoms with Crippen molar-refractivity contribution >= 4 is 45.0 Å². The first-order chi connectivity index (χ1) is 23.4. The van der Waals surface area contributed by atoms with Gasteiger partial charge in [0.25, 0.3) is 5.91 Å². The molecule has 4 saturated heterocycles. The molecule has 48 heavy (non-hydrogen) atoms. The Morgan fingerprint density at radius 2 is 1.96 bits per heavy atom. The Bertz CT molecular complexity index is 1940. The summed E-state index contributed by atoms with van der Waals surface area (Å²) in [6.07, 6.45) is 7.78. The molecule has 0 aliphatic carbocycles. The van der Waals surface area contributed by atoms with Gasteiger partial charge in [-0.1, -0.05) is 47.9 Å². The second-order valence-corrected chi connectivity index (χ2v) is 14.0. The number of hydrogen-bond acceptors (Lipinski definition) is 8. The quantitative estimate of drug-likeness (QED) is 0.278. The van der Waals surface area contributed by atoms with Gasteiger partial charge in [-0.05, 0) is 75.5 Å². The van der Waals surface area contributed by atoms with Crippen molar-refractivity contribution in [3.63, 3.8) is 0 Å². The summed E-state index contributed by atoms with van der Waals surface area (Å²) < 4.78 is 23.2. The van der Waals surface area contributed by atoms with Crippen LogP contribution in [0.3, 0.4) is 0 Å². The number of nitrogens with one attached hydrogen (secondary N) is 1. The van der Waals surface area contributed by atoms with Gasteiger partial charge in [-0.2, -0.15) is 9.97 Å². The molecular formula is C37H39ClFN7O2. The molecule has 6 heterocycles. The minimum absolute atomic E-state index is 0.0199. The van der Waals surface area contributed by atoms with Crippen LogP contribution >= 0.6 is 11.6 Å². The molecule has 0 spiro atoms. The fourth-order valence-electron chi connectivity index (χ4n) is 8.13. The Kier molecular flexibility index (Phi) is 8.31. The molecule has 1 N–H and O–H groups in total. The molecule has 8 rings (SSSR count). The number of aromatic nitrogens is 3. The normalized spacial score (nSPS) is 21.9. The van der Waals surface area contributed by atoms with Gasteiger partial charge in [-0.25, -0.2) is 4.39 Å². The number of amides is 1. The van der Waals surface area contributed by atoms with Crippen LogP contribution in [-0.2, 0) is 4.79 Å². The Balaban J connectivity index is 1.15. The third-order valence-corrected chi connectivity index (χ3v) is 11.1. The molecule has 2 aromatic carbocycles. The van der Waals surface area contributed by atoms with Gasteiger partial charge in [-0.15, -0.1) is 0 Å². The Morgan fingerprint density at radius 3 is 2.75 bits per heavy atom. The summed E-state index contributed by atoms with van der Waals surface area (Å²) >= 11 is 6.64. The van der Waals surface area contributed by atoms with E-state index in [2.05, 4.69) is 27.0 Å². The van der Waals surface area contributed by atoms with E-state index in [0.29, 0.717) is 41.5 Å². The molecule has 2 atom stereocenters. The number of anilines is 1. The van der Waals surface area contributed by atoms with Crippen LogP contribution in [0.25, 0.3) is 32.9 Å². The largest absolute Gasteiger partial charge is 0.461 e. The number of nitrogens with zero attached hydrogens (tertiary/aromatic N) is 6. The van der Waals surface area contributed by atoms with Gasteiger partial charge in [0.05, 0.1) is 10.9 Å². The molecule has 9 nitrogen and oxygen atoms in total. The van der Waals surface area contributed by atoms with Gasteiger partial charge in [0, 0.05) is 60.8 Å². The van der Waals surface area contributed by atoms with E-state index in [4.69, 9.17) is 26.3 Å². The first-order valence-electron chi connectivity index (χ1n) is 17.1. The maximum absolute atomic E-state index is 16.8. The van der Waals surface area contributed by atoms with Crippen molar-refractivity contribution in [2.45, 2.75) is 50.1 Å². The van der Waals surface area contributed by atoms with E-state index in [9.17, 15) is 4.79 Å². The predicted octanol–water partition coefficient (Wildman–Crippen LogP) is 5.29. The van der Waals surface area contributed by atoms with Gasteiger partial charge in [0.1, 0.15) is 23.6 Å². The number of hydrogen-bond donors (Lipinski definition) is 1. The number of carbonyl (C=O) groups excluding carboxylic acids is 1. The molecule has 1 amide bonds. The molecule has 0 radical (unpaired) electrons. The molecule has 2 aromatic heterocycles. The number of ether oxygens (including phenoxy) is 1. The summed E-state index contributed by atoms with van der Waals surface area (Å²) in [5.74, 6) is 6.05. The SMILES string of the molecule is CN(c1nc(OCC23CCCN2CCC3)nc2c(F)c(-c3cccc4cccc(Cl)c34)ncc12)C1CCN(C(=O)C#CC2CCNC2)C1. The van der Waals surface area contributed by atoms with Crippen LogP contribution in [0.5, 0.6) is 6.01 Å². The van der Waals surface area contributed by atoms with Gasteiger partial charge in [-0.3, -0.25) is 14.7 Å². The van der Waals surface area contributed by atoms with E-state index in [-0.39, 0.29) is 40.6 Å². The van der Waals surface area contributed by atoms with E-state index in [1.165, 1.54) is 0 Å². The van der Waals surface area contributed by atoms with Crippen molar-refractivity contribution in [2.75, 3.05) is 57.8 Å². The van der Waals surface area contributed by atoms with Crippen molar-refractivity contribution in [3.05, 3.63) is 53.4 Å². The standard InChI is InChI=1S/C37H39ClFN7O2/c1-44(26-13-19-45(22-26)30(47)11-10-24-12-16-40-20-24)35-28-21-41-33(27-8-2-6-25-7-3-9-29(38)31(25)27)32(39)34(28)42-36(43-35)48-23-37-14-4-17-46(37)18-5-15-37/h2-3,6-9,21,24,26,40H,4-5,12-20,22-23H2,1H3. The fraction of sp³-hybridized carbons (Fsp3) is 0.459. The number of carbonyl (C=O) groups is 1. The van der Waals surface area contributed by atoms with Crippen LogP contribution in [0.1, 0.15) is 38.5 Å². The maximum atomic E-state index is 16.8. The minimum atomic E-state index is -0.553. The number of halogens is 2. The zero-order valence-corrected chi connectivity index (χ0v) is 27.9. The molecule has 4 aliphatic rings. The van der Waals surface area contributed by atoms with Crippen LogP contribution in [0.4, 0.5) is 10.2 Å². The number of pyridine rings is 1. The number of benzene rings is 2. The van der Waals surface area contributed by atoms with E-state index in [1.54, 1.807) is 17.2 Å². The average molecular weight is 668 g/mol. The predicted molar refractivity (Wildman–Crippen MR) is 186 cm³/mol. The second kappa shape index (κ2) is 12.8. The number of likely N-dealkylation sites (N-methyl/N-ethyl adjacent to an activating group) is 1. The number of rotatable bonds is 6. The lowest BCUT2D eigenvalue weighted by Gasteiger charge is -2.31. The van der Waals surface area contributed by atoms with Crippen molar-refractivity contribution < 1.29 is 13.9 Å². The highest BCUT2D eigenvalue weighted by Gasteiger charge is 2.45. The zero-order valence-electron chi connectivity index (χ0n) is 27.1. The second-order valence-electron chi connectivity index (χ2n) is 13.6. The minimum Gasteiger partial charge on any atom is -0.461 e. The summed E-state index contributed by atoms with van der Waals surface area (Å²) in [4.78, 5) is 33.6. The van der Waals surface area contributed by atoms with E-state index in [1.807, 2.05) is 42.3 Å². The molecule has 4 aliphatic heterocycles. The number of fused-ring (bicyclic) bond motifs is 3. The average Bonchev–Trinajstić information content (AvgIpc) is 3.92. The zero-order chi connectivity index (χ0) is 32.8. The van der Waals surface area contributed by atoms with E-state index < -0.39 is 5.82 Å². The molecule has 0 saturated carbocycles. The van der Waals surface area contributed by atoms with Gasteiger partial charge in [0.15, 0.2) is 5.82 Å². The Labute approximate surface area is 284 Å². The lowest BCUT2D eigenvalue weighted by molar-refractivity contribution is -0.124. The summed E-state index contributed by atoms with van der Waals surface area (Å²) in [6.45, 7) is 5.47. The first kappa shape index (κ1) is 31.2. The highest BCUT2D eigenvalue weighted by atomic mass is 35.5. The third-order valence-electron chi connectivity index (χ3n) is 10.8. The molecule has 2 unspecified atom stereocenters. The Hall–Kier alpha value is -4.04. The lowest BCUT2D eigenvalue weighted by Crippen LogP contribution is -2.43. The van der Waals surface area contributed by atoms with Crippen LogP contribution in [0.15, 0.2) is 42.6 Å². The van der Waals surface area contributed by atoms with Crippen molar-refractivity contribution in [2.24, 2.45) is 5.92 Å². The van der Waals surface area contributed by atoms with Crippen molar-refractivity contribution in [1.82, 2.24) is 30.1 Å². The summed E-state index contributed by atoms with van der Waals surface area (Å²) in [5, 5.41) is 5.93. The number of likely N-dealkylation sites (tertiary alicyclic amines) is 1. The van der Waals surface area contributed by atoms with Crippen LogP contribution in [-0.4, -0.2) is 95.2 Å². The van der Waals surface area contributed by atoms with Crippen LogP contribution in [0.2, 0.25) is 5.02 Å². The first-order valence-corrected chi connectivity index (χ1v) is 17.4. The molecule has 248 valence electrons. The van der Waals surface area contributed by atoms with Crippen molar-refractivity contribution in [3.8, 4) is 29.1 Å². The topological polar surface area (TPSA) is 86.7 Å². The summed E-state index contributed by atoms with van der Waals surface area (Å²) in [7, 11) is 1.94. The van der Waals surface area contributed by atoms with Gasteiger partial charge in [0.2, 0.25) is 0 Å². The molecule has 0 bridgehead atoms. The van der Waals surface area contributed by atoms with Crippen LogP contribution in [0, 0.1) is 23.6 Å². The fourth-order valence-corrected chi connectivity index (χ4v) is 8.41. The lowest BCUT2D eigenvalue weighted by atomic mass is 9.95. The molecule has 11 heteroatoms. The van der Waals surface area contributed by atoms with E-state index >= 15 is 4.39 Å². The highest BCUT2D eigenvalue weighted by Crippen LogP contribution is 2.40. The van der Waals surface area contributed by atoms with Gasteiger partial charge >= 0.3 is 6.01 Å². The van der Waals surface area contributed by atoms with Gasteiger partial charge < -0.3 is 19.9 Å². The summed E-state index contributed by atoms with van der Waals surface area (Å²) in [6, 6.07) is 11.4. The van der Waals surface area contributed by atoms with Crippen molar-refractivity contribution in [1.29, 1.82) is 0 Å². The highest BCUT2D eigenvalue weighted by molar-refractivity contribution is 6.36. The summed E-state index contributed by atoms with van der Waals surface area (Å²) in [5.41, 5.74) is 0.891. The third kappa shape index (κ3) is 5.62. The monoisotopic (exact) mass is 667 g/mol. The molecule has 4 aromatic rings. The van der Waals surface area contributed by atoms with E-state index in [0.717, 1.165) is 75.5 Å². The Morgan fingerprint density at radius 1 is 1.15 bits per heavy atom.